The van der Waals surface area contributed by atoms with Crippen LogP contribution in [-0.4, -0.2) is 76.7 Å². The summed E-state index contributed by atoms with van der Waals surface area (Å²) in [4.78, 5) is 53.2. The number of hydrogen-bond acceptors (Lipinski definition) is 8. The first-order valence-electron chi connectivity index (χ1n) is 16.6. The second-order valence-corrected chi connectivity index (χ2v) is 14.1. The zero-order valence-corrected chi connectivity index (χ0v) is 25.8. The third kappa shape index (κ3) is 6.06. The monoisotopic (exact) mass is 589 g/mol. The number of carbonyl (C=O) groups is 3. The molecule has 3 aliphatic carbocycles. The van der Waals surface area contributed by atoms with E-state index in [9.17, 15) is 14.4 Å². The Kier molecular flexibility index (Phi) is 8.55. The van der Waals surface area contributed by atoms with Gasteiger partial charge in [-0.3, -0.25) is 19.4 Å². The molecule has 2 saturated carbocycles. The van der Waals surface area contributed by atoms with E-state index in [1.165, 1.54) is 19.3 Å². The highest BCUT2D eigenvalue weighted by Gasteiger charge is 2.54. The summed E-state index contributed by atoms with van der Waals surface area (Å²) < 4.78 is 0. The Labute approximate surface area is 255 Å². The number of guanidine groups is 1. The van der Waals surface area contributed by atoms with Gasteiger partial charge in [0.25, 0.3) is 6.85 Å². The van der Waals surface area contributed by atoms with Crippen LogP contribution in [0.25, 0.3) is 0 Å². The van der Waals surface area contributed by atoms with Crippen LogP contribution in [0.15, 0.2) is 33.8 Å². The summed E-state index contributed by atoms with van der Waals surface area (Å²) in [7, 11) is 0. The minimum atomic E-state index is -0.911. The fraction of sp³-hybridized carbons (Fsp3) is 0.719. The molecule has 4 fully saturated rings. The van der Waals surface area contributed by atoms with E-state index in [1.54, 1.807) is 11.7 Å². The number of Topliss-reactive ketones (excluding diaryl/α,β-unsaturated/α-hetero) is 1. The lowest BCUT2D eigenvalue weighted by Gasteiger charge is -2.44. The summed E-state index contributed by atoms with van der Waals surface area (Å²) in [5.74, 6) is 0.298. The van der Waals surface area contributed by atoms with Crippen molar-refractivity contribution in [3.63, 3.8) is 0 Å². The van der Waals surface area contributed by atoms with Crippen LogP contribution >= 0.6 is 0 Å². The molecule has 0 spiro atoms. The van der Waals surface area contributed by atoms with E-state index in [-0.39, 0.29) is 48.5 Å². The largest absolute Gasteiger partial charge is 0.374 e. The highest BCUT2D eigenvalue weighted by atomic mass is 16.2. The number of carbonyl (C=O) groups excluding carboxylic acids is 3. The third-order valence-electron chi connectivity index (χ3n) is 11.1. The SMILES string of the molecule is CC1=CC=CCC1N=C(C)C(=O)[C@@H](NC(=O)C1CCB2CC[C@@](N)(CC3CCCCC3)C(=O)N21)C1CC2N=C(N)NC2C1. The molecule has 11 heteroatoms. The van der Waals surface area contributed by atoms with Gasteiger partial charge in [0, 0.05) is 0 Å². The molecule has 0 radical (unpaired) electrons. The fourth-order valence-electron chi connectivity index (χ4n) is 8.69. The van der Waals surface area contributed by atoms with Crippen LogP contribution in [0.5, 0.6) is 0 Å². The van der Waals surface area contributed by atoms with E-state index in [2.05, 4.69) is 21.7 Å². The number of ketones is 1. The Balaban J connectivity index is 1.20. The van der Waals surface area contributed by atoms with E-state index in [4.69, 9.17) is 16.5 Å². The number of nitrogens with one attached hydrogen (secondary N) is 2. The number of rotatable bonds is 8. The molecule has 232 valence electrons. The number of nitrogens with two attached hydrogens (primary N) is 2. The van der Waals surface area contributed by atoms with Gasteiger partial charge in [-0.1, -0.05) is 63.0 Å². The maximum Gasteiger partial charge on any atom is 0.259 e. The molecule has 0 aromatic heterocycles. The Morgan fingerprint density at radius 3 is 2.77 bits per heavy atom. The molecule has 5 unspecified atom stereocenters. The third-order valence-corrected chi connectivity index (χ3v) is 11.1. The van der Waals surface area contributed by atoms with Crippen LogP contribution in [0.1, 0.15) is 84.5 Å². The molecule has 2 amide bonds. The minimum Gasteiger partial charge on any atom is -0.374 e. The molecule has 0 aromatic carbocycles. The molecular formula is C32H48BN7O3. The quantitative estimate of drug-likeness (QED) is 0.252. The topological polar surface area (TPSA) is 155 Å². The van der Waals surface area contributed by atoms with E-state index in [0.717, 1.165) is 37.5 Å². The highest BCUT2D eigenvalue weighted by Crippen LogP contribution is 2.40. The molecule has 7 atom stereocenters. The van der Waals surface area contributed by atoms with Crippen LogP contribution in [0, 0.1) is 11.8 Å². The Hall–Kier alpha value is -2.95. The summed E-state index contributed by atoms with van der Waals surface area (Å²) in [6.07, 6.45) is 17.7. The molecule has 6 N–H and O–H groups in total. The average molecular weight is 590 g/mol. The van der Waals surface area contributed by atoms with Gasteiger partial charge in [0.05, 0.1) is 41.5 Å². The lowest BCUT2D eigenvalue weighted by molar-refractivity contribution is -0.141. The van der Waals surface area contributed by atoms with E-state index >= 15 is 0 Å². The van der Waals surface area contributed by atoms with Crippen molar-refractivity contribution in [2.75, 3.05) is 0 Å². The van der Waals surface area contributed by atoms with Crippen molar-refractivity contribution in [1.82, 2.24) is 15.4 Å². The highest BCUT2D eigenvalue weighted by molar-refractivity contribution is 6.61. The number of nitrogens with zero attached hydrogens (tertiary/aromatic N) is 3. The molecule has 3 heterocycles. The van der Waals surface area contributed by atoms with Gasteiger partial charge in [-0.2, -0.15) is 0 Å². The average Bonchev–Trinajstić information content (AvgIpc) is 3.68. The van der Waals surface area contributed by atoms with Crippen LogP contribution in [0.4, 0.5) is 0 Å². The molecule has 3 aliphatic heterocycles. The number of hydrogen-bond donors (Lipinski definition) is 4. The maximum atomic E-state index is 14.1. The molecule has 43 heavy (non-hydrogen) atoms. The standard InChI is InChI=1S/C32H48BN7O3/c1-19-8-6-7-11-23(19)36-20(2)28(41)27(22-16-24-25(17-22)38-31(34)37-24)39-29(42)26-12-14-33-15-13-32(35,30(43)40(26)33)18-21-9-4-3-5-10-21/h6-8,21-27H,3-5,9-18,35H2,1-2H3,(H,39,42)(H3,34,37,38)/t22?,23?,24?,25?,26?,27-,32+/m0/s1. The van der Waals surface area contributed by atoms with E-state index < -0.39 is 17.6 Å². The zero-order chi connectivity index (χ0) is 30.3. The number of allylic oxidation sites excluding steroid dienone is 2. The van der Waals surface area contributed by atoms with Crippen molar-refractivity contribution >= 4 is 36.1 Å². The molecule has 0 bridgehead atoms. The van der Waals surface area contributed by atoms with Crippen LogP contribution < -0.4 is 22.1 Å². The molecular weight excluding hydrogens is 541 g/mol. The lowest BCUT2D eigenvalue weighted by Crippen LogP contribution is -2.66. The Morgan fingerprint density at radius 1 is 1.23 bits per heavy atom. The van der Waals surface area contributed by atoms with Crippen molar-refractivity contribution < 1.29 is 14.4 Å². The molecule has 2 saturated heterocycles. The normalized spacial score (nSPS) is 35.2. The van der Waals surface area contributed by atoms with Crippen LogP contribution in [0.2, 0.25) is 12.6 Å². The van der Waals surface area contributed by atoms with Gasteiger partial charge in [0.15, 0.2) is 11.7 Å². The smallest absolute Gasteiger partial charge is 0.259 e. The van der Waals surface area contributed by atoms with Crippen molar-refractivity contribution in [1.29, 1.82) is 0 Å². The number of fused-ring (bicyclic) bond motifs is 2. The van der Waals surface area contributed by atoms with Crippen molar-refractivity contribution in [2.24, 2.45) is 33.3 Å². The summed E-state index contributed by atoms with van der Waals surface area (Å²) >= 11 is 0. The number of amides is 2. The maximum absolute atomic E-state index is 14.1. The van der Waals surface area contributed by atoms with Gasteiger partial charge in [-0.05, 0) is 69.8 Å². The predicted octanol–water partition coefficient (Wildman–Crippen LogP) is 2.51. The second-order valence-electron chi connectivity index (χ2n) is 14.1. The van der Waals surface area contributed by atoms with E-state index in [1.807, 2.05) is 19.1 Å². The summed E-state index contributed by atoms with van der Waals surface area (Å²) in [6.45, 7) is 3.81. The Bertz CT molecular complexity index is 1260. The van der Waals surface area contributed by atoms with Gasteiger partial charge < -0.3 is 26.9 Å². The molecule has 6 rings (SSSR count). The van der Waals surface area contributed by atoms with Gasteiger partial charge in [0.1, 0.15) is 0 Å². The molecule has 0 aromatic rings. The first kappa shape index (κ1) is 30.1. The van der Waals surface area contributed by atoms with Crippen molar-refractivity contribution in [3.8, 4) is 0 Å². The predicted molar refractivity (Wildman–Crippen MR) is 170 cm³/mol. The molecule has 10 nitrogen and oxygen atoms in total. The van der Waals surface area contributed by atoms with Gasteiger partial charge in [-0.25, -0.2) is 4.99 Å². The van der Waals surface area contributed by atoms with E-state index in [0.29, 0.717) is 49.7 Å². The fourth-order valence-corrected chi connectivity index (χ4v) is 8.69. The second kappa shape index (κ2) is 12.2. The minimum absolute atomic E-state index is 0.0136. The van der Waals surface area contributed by atoms with Gasteiger partial charge in [0.2, 0.25) is 11.8 Å². The molecule has 6 aliphatic rings. The summed E-state index contributed by atoms with van der Waals surface area (Å²) in [6, 6.07) is -1.39. The van der Waals surface area contributed by atoms with Crippen LogP contribution in [0.3, 0.4) is 0 Å². The van der Waals surface area contributed by atoms with Gasteiger partial charge in [-0.15, -0.1) is 0 Å². The van der Waals surface area contributed by atoms with Crippen molar-refractivity contribution in [2.45, 2.75) is 133 Å². The summed E-state index contributed by atoms with van der Waals surface area (Å²) in [5.41, 5.74) is 13.4. The zero-order valence-electron chi connectivity index (χ0n) is 25.8. The number of aliphatic imine (C=N–C) groups is 2. The Morgan fingerprint density at radius 2 is 2.02 bits per heavy atom. The van der Waals surface area contributed by atoms with Crippen LogP contribution in [-0.2, 0) is 14.4 Å². The van der Waals surface area contributed by atoms with Crippen molar-refractivity contribution in [3.05, 3.63) is 23.8 Å². The first-order chi connectivity index (χ1) is 20.6. The van der Waals surface area contributed by atoms with Gasteiger partial charge >= 0.3 is 0 Å². The first-order valence-corrected chi connectivity index (χ1v) is 16.6. The summed E-state index contributed by atoms with van der Waals surface area (Å²) in [5, 5.41) is 6.38. The lowest BCUT2D eigenvalue weighted by atomic mass is 9.51.